The smallest absolute Gasteiger partial charge is 0.305 e. The number of nitrogens with one attached hydrogen (secondary N) is 7. The van der Waals surface area contributed by atoms with E-state index in [9.17, 15) is 43.5 Å². The summed E-state index contributed by atoms with van der Waals surface area (Å²) in [5, 5.41) is 27.3. The molecule has 292 valence electrons. The second-order valence-electron chi connectivity index (χ2n) is 12.2. The number of amides is 7. The summed E-state index contributed by atoms with van der Waals surface area (Å²) in [7, 11) is 0. The number of aliphatic imine (C=N–C) groups is 1. The summed E-state index contributed by atoms with van der Waals surface area (Å²) in [5.74, 6) is -5.84. The van der Waals surface area contributed by atoms with Crippen molar-refractivity contribution in [2.75, 3.05) is 31.9 Å². The highest BCUT2D eigenvalue weighted by molar-refractivity contribution is 7.80. The van der Waals surface area contributed by atoms with Gasteiger partial charge >= 0.3 is 5.97 Å². The van der Waals surface area contributed by atoms with E-state index < -0.39 is 72.6 Å². The fraction of sp³-hybridized carbons (Fsp3) is 0.545. The molecule has 1 heterocycles. The van der Waals surface area contributed by atoms with E-state index in [1.54, 1.807) is 30.3 Å². The van der Waals surface area contributed by atoms with E-state index in [2.05, 4.69) is 54.8 Å². The van der Waals surface area contributed by atoms with Gasteiger partial charge in [-0.3, -0.25) is 43.3 Å². The van der Waals surface area contributed by atoms with E-state index in [1.807, 2.05) is 0 Å². The summed E-state index contributed by atoms with van der Waals surface area (Å²) in [4.78, 5) is 106. The molecule has 0 unspecified atom stereocenters. The first-order valence-electron chi connectivity index (χ1n) is 17.2. The molecule has 1 aromatic rings. The van der Waals surface area contributed by atoms with Crippen LogP contribution in [0.3, 0.4) is 0 Å². The molecule has 1 aliphatic heterocycles. The van der Waals surface area contributed by atoms with Crippen molar-refractivity contribution in [2.24, 2.45) is 16.5 Å². The number of carboxylic acids is 1. The zero-order valence-electron chi connectivity index (χ0n) is 29.4. The third kappa shape index (κ3) is 18.1. The van der Waals surface area contributed by atoms with Crippen molar-refractivity contribution in [3.8, 4) is 0 Å². The molecule has 0 spiro atoms. The number of carbonyl (C=O) groups is 8. The van der Waals surface area contributed by atoms with Gasteiger partial charge in [-0.1, -0.05) is 30.3 Å². The topological polar surface area (TPSA) is 305 Å². The molecule has 2 rings (SSSR count). The number of carboxylic acid groups (broad SMARTS) is 1. The third-order valence-corrected chi connectivity index (χ3v) is 8.06. The van der Waals surface area contributed by atoms with Gasteiger partial charge in [0.2, 0.25) is 41.4 Å². The minimum Gasteiger partial charge on any atom is -0.481 e. The first kappa shape index (κ1) is 43.8. The maximum Gasteiger partial charge on any atom is 0.305 e. The second-order valence-corrected chi connectivity index (χ2v) is 12.6. The maximum absolute atomic E-state index is 13.8. The van der Waals surface area contributed by atoms with Crippen LogP contribution in [0.4, 0.5) is 0 Å². The number of benzene rings is 1. The molecule has 12 N–H and O–H groups in total. The van der Waals surface area contributed by atoms with Crippen LogP contribution in [0.1, 0.15) is 56.9 Å². The Bertz CT molecular complexity index is 1460. The molecule has 0 bridgehead atoms. The van der Waals surface area contributed by atoms with Gasteiger partial charge in [-0.15, -0.1) is 0 Å². The molecule has 7 amide bonds. The van der Waals surface area contributed by atoms with Gasteiger partial charge in [0.15, 0.2) is 5.96 Å². The average molecular weight is 763 g/mol. The number of carbonyl (C=O) groups excluding carboxylic acids is 7. The molecule has 1 fully saturated rings. The fourth-order valence-electron chi connectivity index (χ4n) is 5.14. The number of rotatable bonds is 18. The Morgan fingerprint density at radius 2 is 1.32 bits per heavy atom. The van der Waals surface area contributed by atoms with Crippen molar-refractivity contribution in [3.05, 3.63) is 35.9 Å². The molecular formula is C33H50N10O9S. The number of aliphatic carboxylic acids is 1. The van der Waals surface area contributed by atoms with Gasteiger partial charge in [-0.2, -0.15) is 12.6 Å². The number of hydrogen-bond acceptors (Lipinski definition) is 10. The average Bonchev–Trinajstić information content (AvgIpc) is 3.11. The van der Waals surface area contributed by atoms with Gasteiger partial charge in [0.25, 0.3) is 0 Å². The van der Waals surface area contributed by atoms with E-state index in [-0.39, 0.29) is 69.4 Å². The zero-order valence-corrected chi connectivity index (χ0v) is 30.3. The number of guanidine groups is 1. The molecule has 0 aromatic heterocycles. The van der Waals surface area contributed by atoms with E-state index in [4.69, 9.17) is 11.5 Å². The van der Waals surface area contributed by atoms with Crippen LogP contribution in [0.25, 0.3) is 0 Å². The Morgan fingerprint density at radius 1 is 0.755 bits per heavy atom. The number of unbranched alkanes of at least 4 members (excludes halogenated alkanes) is 1. The first-order valence-corrected chi connectivity index (χ1v) is 17.9. The Kier molecular flexibility index (Phi) is 19.8. The summed E-state index contributed by atoms with van der Waals surface area (Å²) in [6, 6.07) is 3.29. The molecule has 53 heavy (non-hydrogen) atoms. The summed E-state index contributed by atoms with van der Waals surface area (Å²) in [6.07, 6.45) is 0.155. The Labute approximate surface area is 312 Å². The van der Waals surface area contributed by atoms with Crippen molar-refractivity contribution in [3.63, 3.8) is 0 Å². The van der Waals surface area contributed by atoms with E-state index in [0.29, 0.717) is 30.7 Å². The lowest BCUT2D eigenvalue weighted by Crippen LogP contribution is -2.58. The molecule has 1 saturated heterocycles. The van der Waals surface area contributed by atoms with E-state index >= 15 is 0 Å². The van der Waals surface area contributed by atoms with Crippen molar-refractivity contribution in [1.29, 1.82) is 0 Å². The monoisotopic (exact) mass is 762 g/mol. The molecule has 20 heteroatoms. The Balaban J connectivity index is 2.31. The normalized spacial score (nSPS) is 19.8. The van der Waals surface area contributed by atoms with Gasteiger partial charge in [0, 0.05) is 44.6 Å². The van der Waals surface area contributed by atoms with Gasteiger partial charge in [0.05, 0.1) is 13.0 Å². The first-order chi connectivity index (χ1) is 25.3. The van der Waals surface area contributed by atoms with E-state index in [1.165, 1.54) is 0 Å². The molecule has 0 saturated carbocycles. The lowest BCUT2D eigenvalue weighted by Gasteiger charge is -2.26. The van der Waals surface area contributed by atoms with Gasteiger partial charge in [0.1, 0.15) is 24.2 Å². The Morgan fingerprint density at radius 3 is 1.94 bits per heavy atom. The minimum atomic E-state index is -1.60. The van der Waals surface area contributed by atoms with Crippen molar-refractivity contribution < 1.29 is 43.5 Å². The number of nitrogens with two attached hydrogens (primary N) is 2. The van der Waals surface area contributed by atoms with Crippen molar-refractivity contribution in [2.45, 2.75) is 82.0 Å². The fourth-order valence-corrected chi connectivity index (χ4v) is 5.25. The zero-order chi connectivity index (χ0) is 39.2. The molecular weight excluding hydrogens is 712 g/mol. The van der Waals surface area contributed by atoms with Crippen molar-refractivity contribution >= 4 is 65.9 Å². The van der Waals surface area contributed by atoms with Crippen LogP contribution in [0.2, 0.25) is 0 Å². The second kappa shape index (κ2) is 24.0. The summed E-state index contributed by atoms with van der Waals surface area (Å²) >= 11 is 4.02. The predicted octanol–water partition coefficient (Wildman–Crippen LogP) is -3.06. The van der Waals surface area contributed by atoms with Crippen LogP contribution in [0.5, 0.6) is 0 Å². The molecule has 0 aliphatic carbocycles. The highest BCUT2D eigenvalue weighted by Gasteiger charge is 2.33. The lowest BCUT2D eigenvalue weighted by molar-refractivity contribution is -0.141. The molecule has 19 nitrogen and oxygen atoms in total. The highest BCUT2D eigenvalue weighted by Crippen LogP contribution is 2.09. The molecule has 0 radical (unpaired) electrons. The van der Waals surface area contributed by atoms with Crippen LogP contribution in [0.15, 0.2) is 35.3 Å². The summed E-state index contributed by atoms with van der Waals surface area (Å²) in [6.45, 7) is 0.0801. The van der Waals surface area contributed by atoms with Crippen LogP contribution in [-0.2, 0) is 44.8 Å². The summed E-state index contributed by atoms with van der Waals surface area (Å²) < 4.78 is 0. The van der Waals surface area contributed by atoms with Crippen LogP contribution < -0.4 is 48.7 Å². The van der Waals surface area contributed by atoms with Crippen molar-refractivity contribution in [1.82, 2.24) is 37.2 Å². The van der Waals surface area contributed by atoms with Crippen LogP contribution >= 0.6 is 12.6 Å². The number of nitrogens with zero attached hydrogens (tertiary/aromatic N) is 1. The summed E-state index contributed by atoms with van der Waals surface area (Å²) in [5.41, 5.74) is 11.4. The molecule has 1 aromatic carbocycles. The van der Waals surface area contributed by atoms with E-state index in [0.717, 1.165) is 0 Å². The predicted molar refractivity (Wildman–Crippen MR) is 196 cm³/mol. The van der Waals surface area contributed by atoms with Gasteiger partial charge < -0.3 is 53.8 Å². The van der Waals surface area contributed by atoms with Gasteiger partial charge in [-0.05, 0) is 37.7 Å². The Hall–Kier alpha value is -5.40. The molecule has 1 aliphatic rings. The largest absolute Gasteiger partial charge is 0.481 e. The SMILES string of the molecule is NC(N)=NCCC[C@@H]1NC(=O)[C@H](CCCCNC(=O)CCC(=O)NCCS)NC(=O)[C@@H](Cc2ccccc2)NC(=O)[C@H](CC(=O)O)NC(=O)CNC1=O. The number of thiol groups is 1. The van der Waals surface area contributed by atoms with Crippen LogP contribution in [0, 0.1) is 0 Å². The standard InChI is InChI=1S/C33H50N10O9S/c34-33(35)38-14-6-10-21-29(49)39-19-27(46)40-24(18-28(47)48)32(52)43-23(17-20-7-2-1-3-8-20)31(51)42-22(30(50)41-21)9-4-5-13-36-25(44)11-12-26(45)37-15-16-53/h1-3,7-8,21-24,53H,4-6,9-19H2,(H,36,44)(H,37,45)(H,39,49)(H,40,46)(H,41,50)(H,42,51)(H,43,52)(H,47,48)(H4,34,35,38)/t21-,22-,23+,24-/m0/s1. The number of hydrogen-bond donors (Lipinski definition) is 11. The third-order valence-electron chi connectivity index (χ3n) is 7.84. The van der Waals surface area contributed by atoms with Crippen LogP contribution in [-0.4, -0.2) is 114 Å². The minimum absolute atomic E-state index is 0.0105. The van der Waals surface area contributed by atoms with Gasteiger partial charge in [-0.25, -0.2) is 0 Å². The maximum atomic E-state index is 13.8. The quantitative estimate of drug-likeness (QED) is 0.0309. The highest BCUT2D eigenvalue weighted by atomic mass is 32.1. The molecule has 4 atom stereocenters. The lowest BCUT2D eigenvalue weighted by atomic mass is 10.0.